The minimum absolute atomic E-state index is 0.126. The van der Waals surface area contributed by atoms with Crippen LogP contribution in [0.25, 0.3) is 0 Å². The summed E-state index contributed by atoms with van der Waals surface area (Å²) in [6, 6.07) is 10.9. The van der Waals surface area contributed by atoms with Gasteiger partial charge in [0.1, 0.15) is 0 Å². The molecule has 0 saturated carbocycles. The first-order valence-corrected chi connectivity index (χ1v) is 8.06. The second kappa shape index (κ2) is 6.28. The largest absolute Gasteiger partial charge is 0.397 e. The zero-order valence-corrected chi connectivity index (χ0v) is 15.3. The molecule has 0 atom stereocenters. The molecule has 0 radical (unpaired) electrons. The van der Waals surface area contributed by atoms with E-state index in [9.17, 15) is 4.79 Å². The van der Waals surface area contributed by atoms with Crippen LogP contribution in [0.3, 0.4) is 0 Å². The predicted octanol–water partition coefficient (Wildman–Crippen LogP) is 4.83. The Kier molecular flexibility index (Phi) is 4.88. The Morgan fingerprint density at radius 1 is 1.05 bits per heavy atom. The van der Waals surface area contributed by atoms with E-state index >= 15 is 0 Å². The number of carbonyl (C=O) groups excluding carboxylic acids is 1. The van der Waals surface area contributed by atoms with E-state index in [0.717, 1.165) is 13.4 Å². The lowest BCUT2D eigenvalue weighted by Gasteiger charge is -2.20. The van der Waals surface area contributed by atoms with Crippen molar-refractivity contribution in [1.82, 2.24) is 0 Å². The third-order valence-corrected chi connectivity index (χ3v) is 4.46. The molecule has 0 saturated heterocycles. The smallest absolute Gasteiger partial charge is 0.259 e. The van der Waals surface area contributed by atoms with Gasteiger partial charge in [-0.25, -0.2) is 0 Å². The van der Waals surface area contributed by atoms with Gasteiger partial charge in [-0.15, -0.1) is 0 Å². The Morgan fingerprint density at radius 3 is 2.25 bits per heavy atom. The van der Waals surface area contributed by atoms with Crippen LogP contribution in [0.1, 0.15) is 10.4 Å². The number of nitrogens with zero attached hydrogens (tertiary/aromatic N) is 1. The Bertz CT molecular complexity index is 673. The van der Waals surface area contributed by atoms with Gasteiger partial charge >= 0.3 is 0 Å². The highest BCUT2D eigenvalue weighted by atomic mass is 79.9. The van der Waals surface area contributed by atoms with E-state index < -0.39 is 0 Å². The zero-order valence-electron chi connectivity index (χ0n) is 10.5. The number of benzene rings is 2. The number of anilines is 2. The topological polar surface area (TPSA) is 46.3 Å². The molecule has 1 amide bonds. The normalized spacial score (nSPS) is 10.4. The van der Waals surface area contributed by atoms with Crippen LogP contribution < -0.4 is 10.6 Å². The molecule has 0 unspecified atom stereocenters. The molecular weight excluding hydrogens is 452 g/mol. The van der Waals surface area contributed by atoms with E-state index in [1.165, 1.54) is 4.90 Å². The maximum absolute atomic E-state index is 12.5. The minimum atomic E-state index is -0.126. The summed E-state index contributed by atoms with van der Waals surface area (Å²) < 4.78 is 2.52. The lowest BCUT2D eigenvalue weighted by molar-refractivity contribution is 0.0992. The molecule has 0 aliphatic heterocycles. The highest BCUT2D eigenvalue weighted by Crippen LogP contribution is 2.29. The number of halogens is 3. The van der Waals surface area contributed by atoms with Gasteiger partial charge in [0.2, 0.25) is 0 Å². The van der Waals surface area contributed by atoms with Gasteiger partial charge < -0.3 is 10.6 Å². The monoisotopic (exact) mass is 460 g/mol. The second-order valence-corrected chi connectivity index (χ2v) is 6.88. The average Bonchev–Trinajstić information content (AvgIpc) is 2.37. The van der Waals surface area contributed by atoms with E-state index in [1.807, 2.05) is 24.3 Å². The van der Waals surface area contributed by atoms with Gasteiger partial charge in [-0.3, -0.25) is 4.79 Å². The standard InChI is InChI=1S/C14H11Br3N2O/c1-19(13-5-3-9(16)7-12(13)18)14(20)10-4-2-8(15)6-11(10)17/h2-7H,18H2,1H3. The lowest BCUT2D eigenvalue weighted by Crippen LogP contribution is -2.27. The molecule has 0 aliphatic carbocycles. The SMILES string of the molecule is CN(C(=O)c1ccc(Br)cc1Br)c1ccc(Br)cc1N. The molecule has 2 N–H and O–H groups in total. The van der Waals surface area contributed by atoms with Crippen LogP contribution in [0.4, 0.5) is 11.4 Å². The van der Waals surface area contributed by atoms with Gasteiger partial charge in [0.05, 0.1) is 16.9 Å². The molecule has 0 aromatic heterocycles. The first-order valence-electron chi connectivity index (χ1n) is 5.68. The summed E-state index contributed by atoms with van der Waals surface area (Å²) in [5, 5.41) is 0. The summed E-state index contributed by atoms with van der Waals surface area (Å²) in [4.78, 5) is 14.1. The highest BCUT2D eigenvalue weighted by molar-refractivity contribution is 9.11. The van der Waals surface area contributed by atoms with Crippen molar-refractivity contribution in [3.05, 3.63) is 55.4 Å². The highest BCUT2D eigenvalue weighted by Gasteiger charge is 2.18. The van der Waals surface area contributed by atoms with Gasteiger partial charge in [0.15, 0.2) is 0 Å². The molecule has 0 spiro atoms. The number of amides is 1. The molecule has 2 aromatic carbocycles. The third kappa shape index (κ3) is 3.24. The molecule has 2 aromatic rings. The summed E-state index contributed by atoms with van der Waals surface area (Å²) >= 11 is 10.1. The fourth-order valence-corrected chi connectivity index (χ4v) is 3.38. The molecular formula is C14H11Br3N2O. The minimum Gasteiger partial charge on any atom is -0.397 e. The van der Waals surface area contributed by atoms with Crippen LogP contribution in [-0.2, 0) is 0 Å². The number of carbonyl (C=O) groups is 1. The molecule has 2 rings (SSSR count). The second-order valence-electron chi connectivity index (χ2n) is 4.19. The molecule has 20 heavy (non-hydrogen) atoms. The van der Waals surface area contributed by atoms with Crippen molar-refractivity contribution >= 4 is 65.1 Å². The average molecular weight is 463 g/mol. The van der Waals surface area contributed by atoms with E-state index in [1.54, 1.807) is 19.2 Å². The summed E-state index contributed by atoms with van der Waals surface area (Å²) in [5.74, 6) is -0.126. The van der Waals surface area contributed by atoms with Gasteiger partial charge in [0, 0.05) is 20.5 Å². The van der Waals surface area contributed by atoms with Crippen LogP contribution in [0, 0.1) is 0 Å². The Balaban J connectivity index is 2.37. The number of nitrogen functional groups attached to an aromatic ring is 1. The van der Waals surface area contributed by atoms with Crippen LogP contribution in [0.15, 0.2) is 49.8 Å². The fraction of sp³-hybridized carbons (Fsp3) is 0.0714. The molecule has 104 valence electrons. The Morgan fingerprint density at radius 2 is 1.65 bits per heavy atom. The maximum Gasteiger partial charge on any atom is 0.259 e. The first-order chi connectivity index (χ1) is 9.40. The number of hydrogen-bond acceptors (Lipinski definition) is 2. The zero-order chi connectivity index (χ0) is 14.9. The van der Waals surface area contributed by atoms with Gasteiger partial charge in [0.25, 0.3) is 5.91 Å². The van der Waals surface area contributed by atoms with E-state index in [-0.39, 0.29) is 5.91 Å². The summed E-state index contributed by atoms with van der Waals surface area (Å²) in [6.07, 6.45) is 0. The maximum atomic E-state index is 12.5. The van der Waals surface area contributed by atoms with Crippen molar-refractivity contribution < 1.29 is 4.79 Å². The van der Waals surface area contributed by atoms with E-state index in [2.05, 4.69) is 47.8 Å². The van der Waals surface area contributed by atoms with Crippen LogP contribution >= 0.6 is 47.8 Å². The van der Waals surface area contributed by atoms with E-state index in [0.29, 0.717) is 16.9 Å². The fourth-order valence-electron chi connectivity index (χ4n) is 1.78. The van der Waals surface area contributed by atoms with Crippen molar-refractivity contribution in [2.45, 2.75) is 0 Å². The summed E-state index contributed by atoms with van der Waals surface area (Å²) in [6.45, 7) is 0. The van der Waals surface area contributed by atoms with Crippen molar-refractivity contribution in [2.24, 2.45) is 0 Å². The van der Waals surface area contributed by atoms with Crippen LogP contribution in [0.2, 0.25) is 0 Å². The number of hydrogen-bond donors (Lipinski definition) is 1. The van der Waals surface area contributed by atoms with Gasteiger partial charge in [-0.2, -0.15) is 0 Å². The lowest BCUT2D eigenvalue weighted by atomic mass is 10.2. The first kappa shape index (κ1) is 15.5. The number of rotatable bonds is 2. The van der Waals surface area contributed by atoms with E-state index in [4.69, 9.17) is 5.73 Å². The van der Waals surface area contributed by atoms with Crippen LogP contribution in [0.5, 0.6) is 0 Å². The Labute approximate surface area is 142 Å². The Hall–Kier alpha value is -0.850. The van der Waals surface area contributed by atoms with Crippen LogP contribution in [-0.4, -0.2) is 13.0 Å². The molecule has 0 fully saturated rings. The molecule has 6 heteroatoms. The summed E-state index contributed by atoms with van der Waals surface area (Å²) in [5.41, 5.74) is 7.76. The quantitative estimate of drug-likeness (QED) is 0.649. The van der Waals surface area contributed by atoms with Crippen molar-refractivity contribution in [1.29, 1.82) is 0 Å². The summed E-state index contributed by atoms with van der Waals surface area (Å²) in [7, 11) is 1.70. The van der Waals surface area contributed by atoms with Crippen molar-refractivity contribution in [3.8, 4) is 0 Å². The van der Waals surface area contributed by atoms with Gasteiger partial charge in [-0.05, 0) is 52.3 Å². The predicted molar refractivity (Wildman–Crippen MR) is 93.1 cm³/mol. The van der Waals surface area contributed by atoms with Crippen molar-refractivity contribution in [2.75, 3.05) is 17.7 Å². The van der Waals surface area contributed by atoms with Gasteiger partial charge in [-0.1, -0.05) is 31.9 Å². The number of nitrogens with two attached hydrogens (primary N) is 1. The van der Waals surface area contributed by atoms with Crippen molar-refractivity contribution in [3.63, 3.8) is 0 Å². The third-order valence-electron chi connectivity index (χ3n) is 2.82. The molecule has 0 bridgehead atoms. The molecule has 0 aliphatic rings. The molecule has 3 nitrogen and oxygen atoms in total. The molecule has 0 heterocycles.